The van der Waals surface area contributed by atoms with Crippen molar-refractivity contribution in [2.24, 2.45) is 0 Å². The Morgan fingerprint density at radius 3 is 2.48 bits per heavy atom. The Kier molecular flexibility index (Phi) is 4.55. The molecule has 1 saturated carbocycles. The summed E-state index contributed by atoms with van der Waals surface area (Å²) in [6, 6.07) is 10.1. The number of hydrogen-bond acceptors (Lipinski definition) is 4. The van der Waals surface area contributed by atoms with E-state index in [2.05, 4.69) is 32.5 Å². The zero-order valence-electron chi connectivity index (χ0n) is 16.0. The first-order valence-corrected chi connectivity index (χ1v) is 9.32. The van der Waals surface area contributed by atoms with E-state index in [1.165, 1.54) is 5.56 Å². The van der Waals surface area contributed by atoms with E-state index in [1.807, 2.05) is 18.2 Å². The Balaban J connectivity index is 1.51. The van der Waals surface area contributed by atoms with Crippen LogP contribution in [0.5, 0.6) is 0 Å². The van der Waals surface area contributed by atoms with Gasteiger partial charge < -0.3 is 5.32 Å². The highest BCUT2D eigenvalue weighted by molar-refractivity contribution is 5.79. The van der Waals surface area contributed by atoms with E-state index in [1.54, 1.807) is 13.8 Å². The summed E-state index contributed by atoms with van der Waals surface area (Å²) >= 11 is 0. The Hall–Kier alpha value is -2.97. The van der Waals surface area contributed by atoms with Crippen molar-refractivity contribution in [2.45, 2.75) is 44.7 Å². The molecule has 0 atom stereocenters. The largest absolute Gasteiger partial charge is 0.453 e. The van der Waals surface area contributed by atoms with Crippen molar-refractivity contribution in [3.8, 4) is 0 Å². The second kappa shape index (κ2) is 6.82. The molecule has 0 bridgehead atoms. The van der Waals surface area contributed by atoms with Gasteiger partial charge in [-0.05, 0) is 32.3 Å². The molecule has 1 aromatic carbocycles. The number of benzene rings is 1. The molecule has 2 heterocycles. The maximum Gasteiger partial charge on any atom is 0.453 e. The third-order valence-corrected chi connectivity index (χ3v) is 5.50. The van der Waals surface area contributed by atoms with Crippen LogP contribution in [0.15, 0.2) is 30.3 Å². The van der Waals surface area contributed by atoms with Crippen LogP contribution in [0.2, 0.25) is 0 Å². The Bertz CT molecular complexity index is 1070. The van der Waals surface area contributed by atoms with Gasteiger partial charge in [0.2, 0.25) is 5.91 Å². The summed E-state index contributed by atoms with van der Waals surface area (Å²) in [5.41, 5.74) is 2.64. The number of fused-ring (bicyclic) bond motifs is 1. The summed E-state index contributed by atoms with van der Waals surface area (Å²) in [7, 11) is 0. The third-order valence-electron chi connectivity index (χ3n) is 5.50. The molecule has 0 unspecified atom stereocenters. The molecule has 1 amide bonds. The number of nitrogens with one attached hydrogen (secondary N) is 1. The normalized spacial score (nSPS) is 15.5. The third kappa shape index (κ3) is 3.68. The first kappa shape index (κ1) is 19.4. The number of aryl methyl sites for hydroxylation is 2. The maximum atomic E-state index is 12.9. The first-order valence-electron chi connectivity index (χ1n) is 9.32. The zero-order chi connectivity index (χ0) is 20.8. The average molecular weight is 403 g/mol. The molecule has 6 nitrogen and oxygen atoms in total. The Labute approximate surface area is 165 Å². The molecule has 0 saturated heterocycles. The topological polar surface area (TPSA) is 72.2 Å². The van der Waals surface area contributed by atoms with Crippen molar-refractivity contribution in [1.82, 2.24) is 24.9 Å². The highest BCUT2D eigenvalue weighted by atomic mass is 19.4. The molecule has 152 valence electrons. The fourth-order valence-electron chi connectivity index (χ4n) is 3.59. The molecule has 1 aliphatic carbocycles. The zero-order valence-corrected chi connectivity index (χ0v) is 16.0. The number of aromatic nitrogens is 4. The lowest BCUT2D eigenvalue weighted by Crippen LogP contribution is -2.33. The van der Waals surface area contributed by atoms with Crippen molar-refractivity contribution >= 4 is 11.7 Å². The quantitative estimate of drug-likeness (QED) is 0.710. The number of halogens is 3. The summed E-state index contributed by atoms with van der Waals surface area (Å²) in [6.07, 6.45) is -2.60. The second-order valence-corrected chi connectivity index (χ2v) is 7.51. The maximum absolute atomic E-state index is 12.9. The van der Waals surface area contributed by atoms with Crippen LogP contribution >= 0.6 is 0 Å². The van der Waals surface area contributed by atoms with E-state index in [0.717, 1.165) is 17.4 Å². The lowest BCUT2D eigenvalue weighted by molar-refractivity contribution is -0.144. The predicted molar refractivity (Wildman–Crippen MR) is 99.3 cm³/mol. The molecule has 1 N–H and O–H groups in total. The molecule has 9 heteroatoms. The van der Waals surface area contributed by atoms with Gasteiger partial charge in [-0.1, -0.05) is 30.3 Å². The van der Waals surface area contributed by atoms with E-state index in [4.69, 9.17) is 0 Å². The molecule has 2 aromatic heterocycles. The number of carbonyl (C=O) groups excluding carboxylic acids is 1. The van der Waals surface area contributed by atoms with Crippen LogP contribution in [-0.4, -0.2) is 32.0 Å². The van der Waals surface area contributed by atoms with Gasteiger partial charge >= 0.3 is 6.18 Å². The first-order chi connectivity index (χ1) is 13.7. The number of amides is 1. The lowest BCUT2D eigenvalue weighted by Gasteiger charge is -2.17. The van der Waals surface area contributed by atoms with Gasteiger partial charge in [0.1, 0.15) is 0 Å². The predicted octanol–water partition coefficient (Wildman–Crippen LogP) is 3.15. The molecule has 1 fully saturated rings. The monoisotopic (exact) mass is 403 g/mol. The molecular formula is C20H20F3N5O. The lowest BCUT2D eigenvalue weighted by atomic mass is 9.96. The number of rotatable bonds is 5. The van der Waals surface area contributed by atoms with E-state index >= 15 is 0 Å². The molecule has 0 spiro atoms. The van der Waals surface area contributed by atoms with Gasteiger partial charge in [0, 0.05) is 28.9 Å². The van der Waals surface area contributed by atoms with Gasteiger partial charge in [0.05, 0.1) is 6.42 Å². The highest BCUT2D eigenvalue weighted by Crippen LogP contribution is 2.47. The van der Waals surface area contributed by atoms with Gasteiger partial charge in [-0.25, -0.2) is 9.50 Å². The fourth-order valence-corrected chi connectivity index (χ4v) is 3.59. The van der Waals surface area contributed by atoms with Crippen LogP contribution in [0.1, 0.15) is 41.2 Å². The Morgan fingerprint density at radius 1 is 1.17 bits per heavy atom. The smallest absolute Gasteiger partial charge is 0.355 e. The SMILES string of the molecule is Cc1nc2nc(C(F)(F)F)nn2c(C)c1CC(=O)NCC1(c2ccccc2)CC1. The summed E-state index contributed by atoms with van der Waals surface area (Å²) < 4.78 is 39.7. The summed E-state index contributed by atoms with van der Waals surface area (Å²) in [6.45, 7) is 3.81. The highest BCUT2D eigenvalue weighted by Gasteiger charge is 2.44. The average Bonchev–Trinajstić information content (AvgIpc) is 3.34. The van der Waals surface area contributed by atoms with Crippen LogP contribution in [0, 0.1) is 13.8 Å². The van der Waals surface area contributed by atoms with E-state index in [-0.39, 0.29) is 23.5 Å². The van der Waals surface area contributed by atoms with E-state index < -0.39 is 12.0 Å². The van der Waals surface area contributed by atoms with Crippen LogP contribution < -0.4 is 5.32 Å². The number of nitrogens with zero attached hydrogens (tertiary/aromatic N) is 4. The molecule has 4 rings (SSSR count). The summed E-state index contributed by atoms with van der Waals surface area (Å²) in [4.78, 5) is 20.1. The van der Waals surface area contributed by atoms with Crippen LogP contribution in [0.25, 0.3) is 5.78 Å². The van der Waals surface area contributed by atoms with E-state index in [0.29, 0.717) is 23.5 Å². The molecular weight excluding hydrogens is 383 g/mol. The standard InChI is InChI=1S/C20H20F3N5O/c1-12-15(13(2)28-18(25-12)26-17(27-28)20(21,22)23)10-16(29)24-11-19(8-9-19)14-6-4-3-5-7-14/h3-7H,8-11H2,1-2H3,(H,24,29). The molecule has 29 heavy (non-hydrogen) atoms. The van der Waals surface area contributed by atoms with Crippen molar-refractivity contribution < 1.29 is 18.0 Å². The van der Waals surface area contributed by atoms with Crippen LogP contribution in [0.4, 0.5) is 13.2 Å². The van der Waals surface area contributed by atoms with Crippen molar-refractivity contribution in [3.05, 3.63) is 58.7 Å². The molecule has 1 aliphatic rings. The van der Waals surface area contributed by atoms with Gasteiger partial charge in [0.15, 0.2) is 0 Å². The molecule has 3 aromatic rings. The fraction of sp³-hybridized carbons (Fsp3) is 0.400. The van der Waals surface area contributed by atoms with Crippen molar-refractivity contribution in [3.63, 3.8) is 0 Å². The van der Waals surface area contributed by atoms with Crippen molar-refractivity contribution in [2.75, 3.05) is 6.54 Å². The minimum Gasteiger partial charge on any atom is -0.355 e. The van der Waals surface area contributed by atoms with Gasteiger partial charge in [0.25, 0.3) is 11.6 Å². The second-order valence-electron chi connectivity index (χ2n) is 7.51. The van der Waals surface area contributed by atoms with Crippen molar-refractivity contribution in [1.29, 1.82) is 0 Å². The molecule has 0 aliphatic heterocycles. The number of hydrogen-bond donors (Lipinski definition) is 1. The van der Waals surface area contributed by atoms with E-state index in [9.17, 15) is 18.0 Å². The number of carbonyl (C=O) groups is 1. The van der Waals surface area contributed by atoms with Gasteiger partial charge in [-0.15, -0.1) is 5.10 Å². The summed E-state index contributed by atoms with van der Waals surface area (Å²) in [5, 5.41) is 6.49. The summed E-state index contributed by atoms with van der Waals surface area (Å²) in [5.74, 6) is -1.57. The minimum absolute atomic E-state index is 0.0171. The van der Waals surface area contributed by atoms with Gasteiger partial charge in [-0.3, -0.25) is 4.79 Å². The van der Waals surface area contributed by atoms with Crippen LogP contribution in [0.3, 0.4) is 0 Å². The van der Waals surface area contributed by atoms with Gasteiger partial charge in [-0.2, -0.15) is 18.2 Å². The number of alkyl halides is 3. The molecule has 0 radical (unpaired) electrons. The minimum atomic E-state index is -4.65. The van der Waals surface area contributed by atoms with Crippen LogP contribution in [-0.2, 0) is 22.8 Å². The Morgan fingerprint density at radius 2 is 1.86 bits per heavy atom.